The Bertz CT molecular complexity index is 530. The summed E-state index contributed by atoms with van der Waals surface area (Å²) >= 11 is 3.45. The predicted octanol–water partition coefficient (Wildman–Crippen LogP) is 4.12. The van der Waals surface area contributed by atoms with Gasteiger partial charge < -0.3 is 14.2 Å². The second-order valence-electron chi connectivity index (χ2n) is 5.75. The van der Waals surface area contributed by atoms with Gasteiger partial charge in [0.05, 0.1) is 12.6 Å². The maximum Gasteiger partial charge on any atom is 0.410 e. The number of piperidine rings is 1. The Morgan fingerprint density at radius 1 is 1.26 bits per heavy atom. The second-order valence-corrected chi connectivity index (χ2v) is 6.67. The molecule has 1 aliphatic rings. The van der Waals surface area contributed by atoms with E-state index in [1.165, 1.54) is 0 Å². The number of likely N-dealkylation sites (tertiary alicyclic amines) is 1. The molecule has 1 aromatic rings. The number of rotatable bonds is 4. The summed E-state index contributed by atoms with van der Waals surface area (Å²) in [6.45, 7) is 4.17. The number of benzene rings is 1. The molecule has 1 aromatic carbocycles. The number of hydrogen-bond donors (Lipinski definition) is 0. The number of ether oxygens (including phenoxy) is 3. The zero-order chi connectivity index (χ0) is 17.0. The van der Waals surface area contributed by atoms with Gasteiger partial charge in [-0.2, -0.15) is 0 Å². The van der Waals surface area contributed by atoms with Crippen molar-refractivity contribution in [3.8, 4) is 0 Å². The fraction of sp³-hybridized carbons (Fsp3) is 0.588. The topological polar surface area (TPSA) is 48.0 Å². The maximum absolute atomic E-state index is 12.5. The number of carbonyl (C=O) groups excluding carboxylic acids is 1. The predicted molar refractivity (Wildman–Crippen MR) is 91.2 cm³/mol. The molecule has 0 unspecified atom stereocenters. The molecule has 1 fully saturated rings. The van der Waals surface area contributed by atoms with Gasteiger partial charge in [-0.05, 0) is 31.5 Å². The van der Waals surface area contributed by atoms with Crippen molar-refractivity contribution in [1.82, 2.24) is 4.90 Å². The highest BCUT2D eigenvalue weighted by Gasteiger charge is 2.46. The van der Waals surface area contributed by atoms with Gasteiger partial charge in [-0.25, -0.2) is 4.79 Å². The van der Waals surface area contributed by atoms with Crippen molar-refractivity contribution in [2.24, 2.45) is 0 Å². The number of hydrogen-bond acceptors (Lipinski definition) is 4. The molecule has 0 spiro atoms. The Balaban J connectivity index is 2.39. The summed E-state index contributed by atoms with van der Waals surface area (Å²) in [5.41, 5.74) is 1.03. The lowest BCUT2D eigenvalue weighted by atomic mass is 9.87. The summed E-state index contributed by atoms with van der Waals surface area (Å²) in [5, 5.41) is 0. The van der Waals surface area contributed by atoms with E-state index in [1.807, 2.05) is 38.1 Å². The van der Waals surface area contributed by atoms with Gasteiger partial charge in [0.1, 0.15) is 0 Å². The third-order valence-electron chi connectivity index (χ3n) is 4.40. The van der Waals surface area contributed by atoms with Crippen LogP contribution in [0.25, 0.3) is 0 Å². The van der Waals surface area contributed by atoms with Crippen LogP contribution in [-0.4, -0.2) is 43.6 Å². The van der Waals surface area contributed by atoms with E-state index >= 15 is 0 Å². The lowest BCUT2D eigenvalue weighted by molar-refractivity contribution is -0.244. The van der Waals surface area contributed by atoms with E-state index in [1.54, 1.807) is 19.1 Å². The molecule has 5 nitrogen and oxygen atoms in total. The van der Waals surface area contributed by atoms with Gasteiger partial charge in [-0.3, -0.25) is 4.90 Å². The Hall–Kier alpha value is -1.11. The van der Waals surface area contributed by atoms with Crippen LogP contribution in [-0.2, 0) is 14.2 Å². The van der Waals surface area contributed by atoms with Crippen LogP contribution < -0.4 is 0 Å². The number of amides is 1. The van der Waals surface area contributed by atoms with Gasteiger partial charge in [-0.1, -0.05) is 28.1 Å². The number of halogens is 1. The van der Waals surface area contributed by atoms with Crippen molar-refractivity contribution in [2.45, 2.75) is 44.6 Å². The first-order valence-electron chi connectivity index (χ1n) is 7.77. The van der Waals surface area contributed by atoms with Gasteiger partial charge >= 0.3 is 6.09 Å². The molecule has 2 rings (SSSR count). The number of nitrogens with zero attached hydrogens (tertiary/aromatic N) is 1. The maximum atomic E-state index is 12.5. The van der Waals surface area contributed by atoms with E-state index in [0.717, 1.165) is 10.0 Å². The average molecular weight is 386 g/mol. The van der Waals surface area contributed by atoms with E-state index in [2.05, 4.69) is 15.9 Å². The third-order valence-corrected chi connectivity index (χ3v) is 4.93. The van der Waals surface area contributed by atoms with Crippen molar-refractivity contribution in [3.05, 3.63) is 34.3 Å². The monoisotopic (exact) mass is 385 g/mol. The zero-order valence-electron chi connectivity index (χ0n) is 14.0. The molecule has 1 amide bonds. The van der Waals surface area contributed by atoms with Crippen molar-refractivity contribution in [1.29, 1.82) is 0 Å². The molecule has 2 atom stereocenters. The summed E-state index contributed by atoms with van der Waals surface area (Å²) in [4.78, 5) is 14.3. The molecule has 23 heavy (non-hydrogen) atoms. The summed E-state index contributed by atoms with van der Waals surface area (Å²) in [5.74, 6) is -0.694. The minimum atomic E-state index is -0.694. The van der Waals surface area contributed by atoms with Crippen LogP contribution in [0.2, 0.25) is 0 Å². The van der Waals surface area contributed by atoms with Gasteiger partial charge in [-0.15, -0.1) is 0 Å². The van der Waals surface area contributed by atoms with Crippen LogP contribution in [0, 0.1) is 0 Å². The smallest absolute Gasteiger partial charge is 0.410 e. The molecule has 0 radical (unpaired) electrons. The Morgan fingerprint density at radius 2 is 1.87 bits per heavy atom. The molecule has 0 bridgehead atoms. The summed E-state index contributed by atoms with van der Waals surface area (Å²) < 4.78 is 17.6. The molecule has 0 aromatic heterocycles. The fourth-order valence-corrected chi connectivity index (χ4v) is 3.48. The van der Waals surface area contributed by atoms with Crippen molar-refractivity contribution in [3.63, 3.8) is 0 Å². The van der Waals surface area contributed by atoms with Crippen LogP contribution >= 0.6 is 15.9 Å². The summed E-state index contributed by atoms with van der Waals surface area (Å²) in [6, 6.07) is 7.74. The van der Waals surface area contributed by atoms with Gasteiger partial charge in [0.15, 0.2) is 5.79 Å². The molecule has 128 valence electrons. The normalized spacial score (nSPS) is 23.6. The van der Waals surface area contributed by atoms with E-state index in [4.69, 9.17) is 14.2 Å². The molecule has 0 aliphatic carbocycles. The lowest BCUT2D eigenvalue weighted by Gasteiger charge is -2.48. The van der Waals surface area contributed by atoms with Crippen LogP contribution in [0.4, 0.5) is 4.79 Å². The molecule has 0 saturated carbocycles. The first kappa shape index (κ1) is 18.2. The molecular formula is C17H24BrNO4. The second kappa shape index (κ2) is 7.64. The first-order valence-corrected chi connectivity index (χ1v) is 8.56. The zero-order valence-corrected chi connectivity index (χ0v) is 15.6. The summed E-state index contributed by atoms with van der Waals surface area (Å²) in [7, 11) is 3.30. The van der Waals surface area contributed by atoms with Crippen molar-refractivity contribution in [2.75, 3.05) is 20.8 Å². The van der Waals surface area contributed by atoms with E-state index in [0.29, 0.717) is 19.4 Å². The van der Waals surface area contributed by atoms with Crippen LogP contribution in [0.3, 0.4) is 0 Å². The average Bonchev–Trinajstić information content (AvgIpc) is 2.54. The Morgan fingerprint density at radius 3 is 2.39 bits per heavy atom. The lowest BCUT2D eigenvalue weighted by Crippen LogP contribution is -2.54. The minimum Gasteiger partial charge on any atom is -0.450 e. The SMILES string of the molecule is CCOC(=O)N1[C@@H](C)CC(OC)(OC)C[C@H]1c1ccc(Br)cc1. The quantitative estimate of drug-likeness (QED) is 0.731. The molecule has 1 aliphatic heterocycles. The third kappa shape index (κ3) is 3.87. The highest BCUT2D eigenvalue weighted by Crippen LogP contribution is 2.42. The number of carbonyl (C=O) groups is 1. The molecule has 6 heteroatoms. The largest absolute Gasteiger partial charge is 0.450 e. The summed E-state index contributed by atoms with van der Waals surface area (Å²) in [6.07, 6.45) is 0.866. The highest BCUT2D eigenvalue weighted by atomic mass is 79.9. The van der Waals surface area contributed by atoms with Crippen LogP contribution in [0.15, 0.2) is 28.7 Å². The van der Waals surface area contributed by atoms with E-state index in [9.17, 15) is 4.79 Å². The van der Waals surface area contributed by atoms with Crippen LogP contribution in [0.1, 0.15) is 38.3 Å². The standard InChI is InChI=1S/C17H24BrNO4/c1-5-23-16(20)19-12(2)10-17(21-3,22-4)11-15(19)13-6-8-14(18)9-7-13/h6-9,12,15H,5,10-11H2,1-4H3/t12-,15-/m0/s1. The van der Waals surface area contributed by atoms with Gasteiger partial charge in [0, 0.05) is 37.6 Å². The number of methoxy groups -OCH3 is 2. The minimum absolute atomic E-state index is 0.0589. The first-order chi connectivity index (χ1) is 11.0. The highest BCUT2D eigenvalue weighted by molar-refractivity contribution is 9.10. The van der Waals surface area contributed by atoms with Gasteiger partial charge in [0.2, 0.25) is 0 Å². The van der Waals surface area contributed by atoms with Crippen molar-refractivity contribution >= 4 is 22.0 Å². The van der Waals surface area contributed by atoms with Gasteiger partial charge in [0.25, 0.3) is 0 Å². The molecule has 1 heterocycles. The molecular weight excluding hydrogens is 362 g/mol. The molecule has 0 N–H and O–H groups in total. The fourth-order valence-electron chi connectivity index (χ4n) is 3.22. The van der Waals surface area contributed by atoms with E-state index in [-0.39, 0.29) is 18.2 Å². The van der Waals surface area contributed by atoms with Crippen LogP contribution in [0.5, 0.6) is 0 Å². The van der Waals surface area contributed by atoms with E-state index < -0.39 is 5.79 Å². The Labute approximate surface area is 146 Å². The van der Waals surface area contributed by atoms with Crippen molar-refractivity contribution < 1.29 is 19.0 Å². The molecule has 1 saturated heterocycles. The Kier molecular flexibility index (Phi) is 6.06.